The summed E-state index contributed by atoms with van der Waals surface area (Å²) >= 11 is 0. The lowest BCUT2D eigenvalue weighted by atomic mass is 10.2. The number of sulfonamides is 1. The molecule has 0 aromatic heterocycles. The molecule has 1 aromatic carbocycles. The molecular formula is C15H21NO4S. The zero-order valence-corrected chi connectivity index (χ0v) is 12.8. The molecule has 1 fully saturated rings. The van der Waals surface area contributed by atoms with Crippen LogP contribution >= 0.6 is 0 Å². The molecule has 6 heteroatoms. The van der Waals surface area contributed by atoms with Crippen molar-refractivity contribution in [1.82, 2.24) is 4.31 Å². The lowest BCUT2D eigenvalue weighted by molar-refractivity contribution is 0.226. The molecule has 21 heavy (non-hydrogen) atoms. The molecule has 0 saturated heterocycles. The van der Waals surface area contributed by atoms with Gasteiger partial charge in [0.2, 0.25) is 10.0 Å². The van der Waals surface area contributed by atoms with Crippen LogP contribution in [0.2, 0.25) is 0 Å². The SMILES string of the molecule is O=S(=O)(c1ccc2c(c1)CCO2)N(CCO)C1CCCC1. The summed E-state index contributed by atoms with van der Waals surface area (Å²) in [6.45, 7) is 0.631. The first-order valence-electron chi connectivity index (χ1n) is 7.51. The molecule has 0 bridgehead atoms. The highest BCUT2D eigenvalue weighted by Gasteiger charge is 2.33. The van der Waals surface area contributed by atoms with Crippen LogP contribution in [0.25, 0.3) is 0 Å². The lowest BCUT2D eigenvalue weighted by Gasteiger charge is -2.27. The van der Waals surface area contributed by atoms with Gasteiger partial charge in [-0.3, -0.25) is 0 Å². The van der Waals surface area contributed by atoms with Gasteiger partial charge in [0.25, 0.3) is 0 Å². The number of hydrogen-bond acceptors (Lipinski definition) is 4. The fraction of sp³-hybridized carbons (Fsp3) is 0.600. The second-order valence-corrected chi connectivity index (χ2v) is 7.54. The van der Waals surface area contributed by atoms with E-state index in [4.69, 9.17) is 4.74 Å². The third-order valence-electron chi connectivity index (χ3n) is 4.32. The fourth-order valence-electron chi connectivity index (χ4n) is 3.25. The Morgan fingerprint density at radius 3 is 2.76 bits per heavy atom. The van der Waals surface area contributed by atoms with Crippen LogP contribution in [0.3, 0.4) is 0 Å². The molecule has 3 rings (SSSR count). The molecule has 1 heterocycles. The molecule has 1 aliphatic carbocycles. The second kappa shape index (κ2) is 5.94. The maximum Gasteiger partial charge on any atom is 0.243 e. The number of benzene rings is 1. The van der Waals surface area contributed by atoms with E-state index in [2.05, 4.69) is 0 Å². The van der Waals surface area contributed by atoms with E-state index in [-0.39, 0.29) is 19.2 Å². The number of fused-ring (bicyclic) bond motifs is 1. The zero-order chi connectivity index (χ0) is 14.9. The summed E-state index contributed by atoms with van der Waals surface area (Å²) < 4.78 is 32.7. The highest BCUT2D eigenvalue weighted by Crippen LogP contribution is 2.32. The summed E-state index contributed by atoms with van der Waals surface area (Å²) in [4.78, 5) is 0.312. The smallest absolute Gasteiger partial charge is 0.243 e. The van der Waals surface area contributed by atoms with E-state index >= 15 is 0 Å². The van der Waals surface area contributed by atoms with E-state index < -0.39 is 10.0 Å². The van der Waals surface area contributed by atoms with Gasteiger partial charge in [-0.05, 0) is 36.6 Å². The molecule has 116 valence electrons. The first-order chi connectivity index (χ1) is 10.1. The molecule has 2 aliphatic rings. The Bertz CT molecular complexity index is 608. The Morgan fingerprint density at radius 1 is 1.29 bits per heavy atom. The molecule has 0 spiro atoms. The van der Waals surface area contributed by atoms with Crippen molar-refractivity contribution in [3.8, 4) is 5.75 Å². The number of aliphatic hydroxyl groups excluding tert-OH is 1. The van der Waals surface area contributed by atoms with Crippen molar-refractivity contribution in [3.63, 3.8) is 0 Å². The van der Waals surface area contributed by atoms with Crippen molar-refractivity contribution in [2.45, 2.75) is 43.0 Å². The van der Waals surface area contributed by atoms with Crippen LogP contribution in [0, 0.1) is 0 Å². The molecule has 5 nitrogen and oxygen atoms in total. The van der Waals surface area contributed by atoms with E-state index in [1.54, 1.807) is 18.2 Å². The minimum absolute atomic E-state index is 0.0201. The molecule has 1 aliphatic heterocycles. The summed E-state index contributed by atoms with van der Waals surface area (Å²) in [6.07, 6.45) is 4.63. The van der Waals surface area contributed by atoms with E-state index in [0.29, 0.717) is 11.5 Å². The summed E-state index contributed by atoms with van der Waals surface area (Å²) in [5.41, 5.74) is 0.950. The van der Waals surface area contributed by atoms with Gasteiger partial charge in [-0.1, -0.05) is 12.8 Å². The average Bonchev–Trinajstić information content (AvgIpc) is 3.14. The normalized spacial score (nSPS) is 19.0. The van der Waals surface area contributed by atoms with Crippen LogP contribution in [-0.2, 0) is 16.4 Å². The van der Waals surface area contributed by atoms with Gasteiger partial charge in [-0.25, -0.2) is 8.42 Å². The van der Waals surface area contributed by atoms with E-state index in [1.165, 1.54) is 4.31 Å². The van der Waals surface area contributed by atoms with E-state index in [1.807, 2.05) is 0 Å². The minimum Gasteiger partial charge on any atom is -0.493 e. The van der Waals surface area contributed by atoms with Crippen molar-refractivity contribution < 1.29 is 18.3 Å². The van der Waals surface area contributed by atoms with Crippen LogP contribution in [-0.4, -0.2) is 43.6 Å². The number of aliphatic hydroxyl groups is 1. The predicted molar refractivity (Wildman–Crippen MR) is 78.9 cm³/mol. The molecule has 0 unspecified atom stereocenters. The monoisotopic (exact) mass is 311 g/mol. The van der Waals surface area contributed by atoms with Crippen molar-refractivity contribution in [1.29, 1.82) is 0 Å². The Labute approximate surface area is 125 Å². The van der Waals surface area contributed by atoms with Gasteiger partial charge in [-0.15, -0.1) is 0 Å². The van der Waals surface area contributed by atoms with Crippen LogP contribution in [0.4, 0.5) is 0 Å². The molecule has 0 radical (unpaired) electrons. The standard InChI is InChI=1S/C15H21NO4S/c17-9-8-16(13-3-1-2-4-13)21(18,19)14-5-6-15-12(11-14)7-10-20-15/h5-6,11,13,17H,1-4,7-10H2. The van der Waals surface area contributed by atoms with E-state index in [0.717, 1.165) is 43.4 Å². The predicted octanol–water partition coefficient (Wildman–Crippen LogP) is 1.55. The number of rotatable bonds is 5. The average molecular weight is 311 g/mol. The van der Waals surface area contributed by atoms with Gasteiger partial charge >= 0.3 is 0 Å². The van der Waals surface area contributed by atoms with Crippen LogP contribution in [0.15, 0.2) is 23.1 Å². The topological polar surface area (TPSA) is 66.8 Å². The third kappa shape index (κ3) is 2.80. The second-order valence-electron chi connectivity index (χ2n) is 5.65. The summed E-state index contributed by atoms with van der Waals surface area (Å²) in [5.74, 6) is 0.781. The summed E-state index contributed by atoms with van der Waals surface area (Å²) in [7, 11) is -3.55. The number of hydrogen-bond donors (Lipinski definition) is 1. The van der Waals surface area contributed by atoms with Crippen LogP contribution in [0.1, 0.15) is 31.2 Å². The number of nitrogens with zero attached hydrogens (tertiary/aromatic N) is 1. The van der Waals surface area contributed by atoms with Gasteiger partial charge in [0, 0.05) is 19.0 Å². The lowest BCUT2D eigenvalue weighted by Crippen LogP contribution is -2.40. The Balaban J connectivity index is 1.93. The number of ether oxygens (including phenoxy) is 1. The third-order valence-corrected chi connectivity index (χ3v) is 6.27. The molecule has 1 N–H and O–H groups in total. The highest BCUT2D eigenvalue weighted by molar-refractivity contribution is 7.89. The fourth-order valence-corrected chi connectivity index (χ4v) is 4.98. The van der Waals surface area contributed by atoms with Gasteiger partial charge in [0.05, 0.1) is 18.1 Å². The first kappa shape index (κ1) is 14.8. The largest absolute Gasteiger partial charge is 0.493 e. The van der Waals surface area contributed by atoms with E-state index in [9.17, 15) is 13.5 Å². The molecule has 1 aromatic rings. The van der Waals surface area contributed by atoms with Crippen LogP contribution < -0.4 is 4.74 Å². The maximum absolute atomic E-state index is 12.9. The van der Waals surface area contributed by atoms with Gasteiger partial charge < -0.3 is 9.84 Å². The van der Waals surface area contributed by atoms with Gasteiger partial charge in [0.15, 0.2) is 0 Å². The van der Waals surface area contributed by atoms with Crippen LogP contribution in [0.5, 0.6) is 5.75 Å². The Morgan fingerprint density at radius 2 is 2.05 bits per heavy atom. The first-order valence-corrected chi connectivity index (χ1v) is 8.95. The summed E-state index contributed by atoms with van der Waals surface area (Å²) in [6, 6.07) is 5.09. The summed E-state index contributed by atoms with van der Waals surface area (Å²) in [5, 5.41) is 9.24. The molecule has 1 saturated carbocycles. The molecule has 0 amide bonds. The molecule has 0 atom stereocenters. The van der Waals surface area contributed by atoms with Gasteiger partial charge in [0.1, 0.15) is 5.75 Å². The van der Waals surface area contributed by atoms with Crippen molar-refractivity contribution in [2.24, 2.45) is 0 Å². The van der Waals surface area contributed by atoms with Crippen molar-refractivity contribution >= 4 is 10.0 Å². The zero-order valence-electron chi connectivity index (χ0n) is 12.0. The molecular weight excluding hydrogens is 290 g/mol. The highest BCUT2D eigenvalue weighted by atomic mass is 32.2. The quantitative estimate of drug-likeness (QED) is 0.896. The maximum atomic E-state index is 12.9. The minimum atomic E-state index is -3.55. The Kier molecular flexibility index (Phi) is 4.19. The Hall–Kier alpha value is -1.11. The van der Waals surface area contributed by atoms with Gasteiger partial charge in [-0.2, -0.15) is 4.31 Å². The van der Waals surface area contributed by atoms with Crippen molar-refractivity contribution in [2.75, 3.05) is 19.8 Å². The van der Waals surface area contributed by atoms with Crippen molar-refractivity contribution in [3.05, 3.63) is 23.8 Å².